The van der Waals surface area contributed by atoms with E-state index in [4.69, 9.17) is 10.8 Å². The standard InChI is InChI=1S/C8H16N2O3/c1-3-8(2,7(12)13)10-5-4-6(9)11/h10H,3-5H2,1-2H3,(H2,9,11)(H,12,13). The molecule has 0 aliphatic carbocycles. The van der Waals surface area contributed by atoms with Crippen molar-refractivity contribution in [1.29, 1.82) is 0 Å². The van der Waals surface area contributed by atoms with Gasteiger partial charge in [0.15, 0.2) is 0 Å². The quantitative estimate of drug-likeness (QED) is 0.533. The van der Waals surface area contributed by atoms with Gasteiger partial charge in [-0.25, -0.2) is 0 Å². The summed E-state index contributed by atoms with van der Waals surface area (Å²) in [7, 11) is 0. The summed E-state index contributed by atoms with van der Waals surface area (Å²) in [6.45, 7) is 3.65. The maximum Gasteiger partial charge on any atom is 0.323 e. The normalized spacial score (nSPS) is 14.9. The summed E-state index contributed by atoms with van der Waals surface area (Å²) in [5.74, 6) is -1.35. The summed E-state index contributed by atoms with van der Waals surface area (Å²) in [5.41, 5.74) is 3.95. The van der Waals surface area contributed by atoms with Gasteiger partial charge in [0.25, 0.3) is 0 Å². The Hall–Kier alpha value is -1.10. The second kappa shape index (κ2) is 4.81. The van der Waals surface area contributed by atoms with Crippen LogP contribution in [-0.2, 0) is 9.59 Å². The van der Waals surface area contributed by atoms with Crippen LogP contribution in [-0.4, -0.2) is 29.1 Å². The Morgan fingerprint density at radius 3 is 2.38 bits per heavy atom. The summed E-state index contributed by atoms with van der Waals surface area (Å²) in [5, 5.41) is 11.6. The van der Waals surface area contributed by atoms with Gasteiger partial charge in [0.1, 0.15) is 5.54 Å². The molecule has 0 fully saturated rings. The van der Waals surface area contributed by atoms with Crippen molar-refractivity contribution < 1.29 is 14.7 Å². The number of aliphatic carboxylic acids is 1. The van der Waals surface area contributed by atoms with E-state index in [9.17, 15) is 9.59 Å². The molecule has 1 unspecified atom stereocenters. The number of rotatable bonds is 6. The maximum atomic E-state index is 10.7. The highest BCUT2D eigenvalue weighted by Crippen LogP contribution is 2.08. The highest BCUT2D eigenvalue weighted by atomic mass is 16.4. The second-order valence-electron chi connectivity index (χ2n) is 3.13. The summed E-state index contributed by atoms with van der Waals surface area (Å²) in [4.78, 5) is 21.1. The van der Waals surface area contributed by atoms with E-state index in [0.29, 0.717) is 13.0 Å². The van der Waals surface area contributed by atoms with Gasteiger partial charge < -0.3 is 16.2 Å². The van der Waals surface area contributed by atoms with Crippen LogP contribution in [0.3, 0.4) is 0 Å². The number of nitrogens with two attached hydrogens (primary N) is 1. The first-order valence-electron chi connectivity index (χ1n) is 4.19. The zero-order valence-electron chi connectivity index (χ0n) is 7.96. The molecule has 5 nitrogen and oxygen atoms in total. The van der Waals surface area contributed by atoms with Crippen LogP contribution in [0.15, 0.2) is 0 Å². The SMILES string of the molecule is CCC(C)(NCCC(N)=O)C(=O)O. The van der Waals surface area contributed by atoms with Crippen molar-refractivity contribution in [3.63, 3.8) is 0 Å². The van der Waals surface area contributed by atoms with E-state index in [-0.39, 0.29) is 6.42 Å². The van der Waals surface area contributed by atoms with E-state index in [1.54, 1.807) is 13.8 Å². The van der Waals surface area contributed by atoms with Gasteiger partial charge in [0.05, 0.1) is 0 Å². The molecule has 0 saturated heterocycles. The van der Waals surface area contributed by atoms with Crippen molar-refractivity contribution in [2.24, 2.45) is 5.73 Å². The van der Waals surface area contributed by atoms with Gasteiger partial charge in [-0.15, -0.1) is 0 Å². The molecule has 76 valence electrons. The Morgan fingerprint density at radius 2 is 2.08 bits per heavy atom. The third kappa shape index (κ3) is 3.89. The number of carboxylic acids is 1. The predicted octanol–water partition coefficient (Wildman–Crippen LogP) is -0.295. The van der Waals surface area contributed by atoms with Crippen molar-refractivity contribution in [3.05, 3.63) is 0 Å². The van der Waals surface area contributed by atoms with Crippen LogP contribution in [0.1, 0.15) is 26.7 Å². The lowest BCUT2D eigenvalue weighted by molar-refractivity contribution is -0.144. The van der Waals surface area contributed by atoms with E-state index in [1.165, 1.54) is 0 Å². The first-order chi connectivity index (χ1) is 5.92. The minimum absolute atomic E-state index is 0.156. The van der Waals surface area contributed by atoms with Gasteiger partial charge in [-0.2, -0.15) is 0 Å². The number of carbonyl (C=O) groups is 2. The Labute approximate surface area is 77.3 Å². The number of primary amides is 1. The molecule has 0 aliphatic heterocycles. The zero-order chi connectivity index (χ0) is 10.5. The number of nitrogens with one attached hydrogen (secondary N) is 1. The van der Waals surface area contributed by atoms with E-state index < -0.39 is 17.4 Å². The molecule has 0 saturated carbocycles. The molecular formula is C8H16N2O3. The number of hydrogen-bond donors (Lipinski definition) is 3. The average Bonchev–Trinajstić information content (AvgIpc) is 2.03. The summed E-state index contributed by atoms with van der Waals surface area (Å²) >= 11 is 0. The van der Waals surface area contributed by atoms with E-state index in [1.807, 2.05) is 0 Å². The third-order valence-corrected chi connectivity index (χ3v) is 2.07. The molecule has 0 aromatic carbocycles. The lowest BCUT2D eigenvalue weighted by Gasteiger charge is -2.24. The van der Waals surface area contributed by atoms with E-state index >= 15 is 0 Å². The number of hydrogen-bond acceptors (Lipinski definition) is 3. The zero-order valence-corrected chi connectivity index (χ0v) is 7.96. The van der Waals surface area contributed by atoms with Crippen molar-refractivity contribution >= 4 is 11.9 Å². The van der Waals surface area contributed by atoms with Crippen LogP contribution in [0.5, 0.6) is 0 Å². The first-order valence-corrected chi connectivity index (χ1v) is 4.19. The third-order valence-electron chi connectivity index (χ3n) is 2.07. The Morgan fingerprint density at radius 1 is 1.54 bits per heavy atom. The highest BCUT2D eigenvalue weighted by Gasteiger charge is 2.29. The molecule has 0 aromatic heterocycles. The van der Waals surface area contributed by atoms with Crippen LogP contribution in [0.4, 0.5) is 0 Å². The molecule has 0 spiro atoms. The number of carbonyl (C=O) groups excluding carboxylic acids is 1. The smallest absolute Gasteiger partial charge is 0.323 e. The molecule has 0 bridgehead atoms. The van der Waals surface area contributed by atoms with Crippen molar-refractivity contribution in [1.82, 2.24) is 5.32 Å². The lowest BCUT2D eigenvalue weighted by Crippen LogP contribution is -2.49. The number of amides is 1. The molecule has 1 amide bonds. The van der Waals surface area contributed by atoms with Gasteiger partial charge in [-0.3, -0.25) is 9.59 Å². The molecule has 0 aliphatic rings. The fourth-order valence-corrected chi connectivity index (χ4v) is 0.813. The summed E-state index contributed by atoms with van der Waals surface area (Å²) < 4.78 is 0. The molecule has 13 heavy (non-hydrogen) atoms. The average molecular weight is 188 g/mol. The molecule has 0 aromatic rings. The van der Waals surface area contributed by atoms with Crippen LogP contribution in [0, 0.1) is 0 Å². The van der Waals surface area contributed by atoms with Crippen LogP contribution < -0.4 is 11.1 Å². The van der Waals surface area contributed by atoms with Crippen LogP contribution in [0.25, 0.3) is 0 Å². The van der Waals surface area contributed by atoms with Crippen LogP contribution >= 0.6 is 0 Å². The predicted molar refractivity (Wildman–Crippen MR) is 48.1 cm³/mol. The maximum absolute atomic E-state index is 10.7. The monoisotopic (exact) mass is 188 g/mol. The van der Waals surface area contributed by atoms with Crippen LogP contribution in [0.2, 0.25) is 0 Å². The fraction of sp³-hybridized carbons (Fsp3) is 0.750. The first kappa shape index (κ1) is 11.9. The molecular weight excluding hydrogens is 172 g/mol. The molecule has 4 N–H and O–H groups in total. The minimum atomic E-state index is -0.963. The molecule has 5 heteroatoms. The Bertz CT molecular complexity index is 206. The van der Waals surface area contributed by atoms with Crippen molar-refractivity contribution in [2.45, 2.75) is 32.2 Å². The highest BCUT2D eigenvalue weighted by molar-refractivity contribution is 5.78. The van der Waals surface area contributed by atoms with Gasteiger partial charge in [-0.05, 0) is 13.3 Å². The van der Waals surface area contributed by atoms with Gasteiger partial charge in [-0.1, -0.05) is 6.92 Å². The van der Waals surface area contributed by atoms with E-state index in [0.717, 1.165) is 0 Å². The van der Waals surface area contributed by atoms with Gasteiger partial charge in [0.2, 0.25) is 5.91 Å². The largest absolute Gasteiger partial charge is 0.480 e. The van der Waals surface area contributed by atoms with Gasteiger partial charge in [0, 0.05) is 13.0 Å². The molecule has 0 radical (unpaired) electrons. The van der Waals surface area contributed by atoms with E-state index in [2.05, 4.69) is 5.32 Å². The lowest BCUT2D eigenvalue weighted by atomic mass is 9.99. The fourth-order valence-electron chi connectivity index (χ4n) is 0.813. The Balaban J connectivity index is 3.98. The van der Waals surface area contributed by atoms with Crippen molar-refractivity contribution in [3.8, 4) is 0 Å². The summed E-state index contributed by atoms with van der Waals surface area (Å²) in [6.07, 6.45) is 0.615. The minimum Gasteiger partial charge on any atom is -0.480 e. The molecule has 1 atom stereocenters. The number of carboxylic acid groups (broad SMARTS) is 1. The Kier molecular flexibility index (Phi) is 4.40. The molecule has 0 heterocycles. The topological polar surface area (TPSA) is 92.4 Å². The van der Waals surface area contributed by atoms with Crippen molar-refractivity contribution in [2.75, 3.05) is 6.54 Å². The summed E-state index contributed by atoms with van der Waals surface area (Å²) in [6, 6.07) is 0. The van der Waals surface area contributed by atoms with Gasteiger partial charge >= 0.3 is 5.97 Å². The second-order valence-corrected chi connectivity index (χ2v) is 3.13. The molecule has 0 rings (SSSR count).